The van der Waals surface area contributed by atoms with Crippen LogP contribution < -0.4 is 5.32 Å². The number of carboxylic acid groups (broad SMARTS) is 1. The molecule has 3 aliphatic heterocycles. The highest BCUT2D eigenvalue weighted by molar-refractivity contribution is 5.76. The molecule has 1 amide bonds. The predicted octanol–water partition coefficient (Wildman–Crippen LogP) is 6.14. The minimum absolute atomic E-state index is 0.209. The Hall–Kier alpha value is -2.04. The molecule has 22 heteroatoms. The summed E-state index contributed by atoms with van der Waals surface area (Å²) in [5.41, 5.74) is 0. The smallest absolute Gasteiger partial charge is 0.364 e. The van der Waals surface area contributed by atoms with Gasteiger partial charge in [0, 0.05) is 12.8 Å². The minimum atomic E-state index is -3.08. The van der Waals surface area contributed by atoms with E-state index < -0.39 is 149 Å². The van der Waals surface area contributed by atoms with Crippen molar-refractivity contribution in [2.45, 2.75) is 361 Å². The summed E-state index contributed by atoms with van der Waals surface area (Å²) < 4.78 is 34.3. The number of allylic oxidation sites excluding steroid dienone is 1. The van der Waals surface area contributed by atoms with Crippen LogP contribution in [0.5, 0.6) is 0 Å². The number of aliphatic hydroxyl groups is 12. The predicted molar refractivity (Wildman–Crippen MR) is 327 cm³/mol. The topological polar surface area (TPSA) is 365 Å². The summed E-state index contributed by atoms with van der Waals surface area (Å²) in [6.07, 6.45) is 14.8. The second kappa shape index (κ2) is 46.9. The normalized spacial score (nSPS) is 29.3. The second-order valence-electron chi connectivity index (χ2n) is 25.0. The van der Waals surface area contributed by atoms with E-state index in [2.05, 4.69) is 19.2 Å². The van der Waals surface area contributed by atoms with Crippen molar-refractivity contribution in [3.63, 3.8) is 0 Å². The zero-order chi connectivity index (χ0) is 63.8. The van der Waals surface area contributed by atoms with Crippen LogP contribution in [0.25, 0.3) is 0 Å². The lowest BCUT2D eigenvalue weighted by molar-refractivity contribution is -0.390. The maximum absolute atomic E-state index is 13.4. The molecule has 0 aromatic heterocycles. The molecule has 0 aliphatic carbocycles. The van der Waals surface area contributed by atoms with Gasteiger partial charge < -0.3 is 100 Å². The quantitative estimate of drug-likeness (QED) is 0.0240. The number of nitrogens with one attached hydrogen (secondary N) is 1. The summed E-state index contributed by atoms with van der Waals surface area (Å²) in [5.74, 6) is -5.38. The fraction of sp³-hybridized carbons (Fsp3) is 0.938. The molecule has 3 saturated heterocycles. The zero-order valence-electron chi connectivity index (χ0n) is 53.0. The van der Waals surface area contributed by atoms with Crippen LogP contribution in [0, 0.1) is 0 Å². The van der Waals surface area contributed by atoms with Gasteiger partial charge in [0.25, 0.3) is 5.79 Å². The molecule has 22 nitrogen and oxygen atoms in total. The molecule has 0 bridgehead atoms. The first-order chi connectivity index (χ1) is 42.0. The van der Waals surface area contributed by atoms with Gasteiger partial charge in [0.15, 0.2) is 12.6 Å². The number of ether oxygens (including phenoxy) is 6. The Bertz CT molecular complexity index is 1750. The number of hydrogen-bond donors (Lipinski definition) is 14. The third-order valence-electron chi connectivity index (χ3n) is 17.6. The van der Waals surface area contributed by atoms with Crippen LogP contribution in [0.3, 0.4) is 0 Å². The lowest BCUT2D eigenvalue weighted by Gasteiger charge is -2.50. The molecular weight excluding hydrogens is 1130 g/mol. The van der Waals surface area contributed by atoms with E-state index in [1.54, 1.807) is 6.08 Å². The molecule has 14 N–H and O–H groups in total. The average molecular weight is 1250 g/mol. The number of rotatable bonds is 52. The molecule has 3 heterocycles. The number of aliphatic hydroxyl groups excluding tert-OH is 12. The highest BCUT2D eigenvalue weighted by Gasteiger charge is 2.60. The largest absolute Gasteiger partial charge is 0.477 e. The van der Waals surface area contributed by atoms with Gasteiger partial charge >= 0.3 is 5.97 Å². The number of carbonyl (C=O) groups is 2. The zero-order valence-corrected chi connectivity index (χ0v) is 53.0. The van der Waals surface area contributed by atoms with Crippen molar-refractivity contribution in [2.24, 2.45) is 0 Å². The van der Waals surface area contributed by atoms with Gasteiger partial charge in [-0.05, 0) is 19.3 Å². The highest BCUT2D eigenvalue weighted by atomic mass is 16.8. The first kappa shape index (κ1) is 79.2. The summed E-state index contributed by atoms with van der Waals surface area (Å²) in [5, 5.41) is 142. The SMILES string of the molecule is CCCCCCCCCCCCC/C=C/[C@@H](O)[C@H](CO[C@@H]1OC(CO)[C@@H](O[C@@H]2OC(CO)[C@H](O)[C@H](O[C@]3(C(=O)O)CC(O)[C@@H](O)C([C@H](O)[C@H](O)CO)O3)C2O)[C@H](O)C1O)NC(=O)CCCCCCCCCCCCCCCCCCCCCCCCC. The summed E-state index contributed by atoms with van der Waals surface area (Å²) in [6.45, 7) is 1.11. The molecule has 0 radical (unpaired) electrons. The van der Waals surface area contributed by atoms with Crippen molar-refractivity contribution in [3.8, 4) is 0 Å². The van der Waals surface area contributed by atoms with E-state index in [0.717, 1.165) is 44.9 Å². The van der Waals surface area contributed by atoms with Gasteiger partial charge in [-0.25, -0.2) is 4.79 Å². The van der Waals surface area contributed by atoms with E-state index in [9.17, 15) is 76.0 Å². The van der Waals surface area contributed by atoms with Crippen LogP contribution in [0.1, 0.15) is 251 Å². The van der Waals surface area contributed by atoms with Gasteiger partial charge in [0.05, 0.1) is 44.7 Å². The maximum Gasteiger partial charge on any atom is 0.364 e. The summed E-state index contributed by atoms with van der Waals surface area (Å²) in [7, 11) is 0. The Morgan fingerprint density at radius 3 is 1.45 bits per heavy atom. The summed E-state index contributed by atoms with van der Waals surface area (Å²) in [4.78, 5) is 26.2. The summed E-state index contributed by atoms with van der Waals surface area (Å²) in [6, 6.07) is -1.03. The van der Waals surface area contributed by atoms with Crippen LogP contribution in [-0.4, -0.2) is 215 Å². The van der Waals surface area contributed by atoms with Crippen molar-refractivity contribution in [1.82, 2.24) is 5.32 Å². The van der Waals surface area contributed by atoms with E-state index in [-0.39, 0.29) is 12.3 Å². The highest BCUT2D eigenvalue weighted by Crippen LogP contribution is 2.38. The molecule has 3 fully saturated rings. The lowest BCUT2D eigenvalue weighted by atomic mass is 9.90. The molecule has 0 spiro atoms. The monoisotopic (exact) mass is 1250 g/mol. The van der Waals surface area contributed by atoms with Gasteiger partial charge in [0.2, 0.25) is 5.91 Å². The molecule has 3 aliphatic rings. The third-order valence-corrected chi connectivity index (χ3v) is 17.6. The van der Waals surface area contributed by atoms with Crippen molar-refractivity contribution < 1.29 is 104 Å². The van der Waals surface area contributed by atoms with E-state index in [1.807, 2.05) is 6.08 Å². The average Bonchev–Trinajstić information content (AvgIpc) is 0.828. The molecule has 0 aromatic rings. The number of unbranched alkanes of at least 4 members (excludes halogenated alkanes) is 33. The minimum Gasteiger partial charge on any atom is -0.477 e. The molecule has 6 unspecified atom stereocenters. The molecule has 87 heavy (non-hydrogen) atoms. The van der Waals surface area contributed by atoms with Crippen LogP contribution in [0.4, 0.5) is 0 Å². The van der Waals surface area contributed by atoms with Crippen molar-refractivity contribution >= 4 is 11.9 Å². The number of carbonyl (C=O) groups excluding carboxylic acids is 1. The van der Waals surface area contributed by atoms with Crippen molar-refractivity contribution in [3.05, 3.63) is 12.2 Å². The molecule has 512 valence electrons. The van der Waals surface area contributed by atoms with E-state index in [1.165, 1.54) is 167 Å². The molecular formula is C65H121NO21. The van der Waals surface area contributed by atoms with Crippen molar-refractivity contribution in [1.29, 1.82) is 0 Å². The van der Waals surface area contributed by atoms with Gasteiger partial charge in [-0.15, -0.1) is 0 Å². The van der Waals surface area contributed by atoms with E-state index >= 15 is 0 Å². The Kier molecular flexibility index (Phi) is 42.7. The maximum atomic E-state index is 13.4. The second-order valence-corrected chi connectivity index (χ2v) is 25.0. The molecule has 0 aromatic carbocycles. The van der Waals surface area contributed by atoms with Crippen molar-refractivity contribution in [2.75, 3.05) is 26.4 Å². The van der Waals surface area contributed by atoms with Crippen LogP contribution in [-0.2, 0) is 38.0 Å². The molecule has 18 atom stereocenters. The number of carboxylic acids is 1. The fourth-order valence-corrected chi connectivity index (χ4v) is 11.9. The first-order valence-corrected chi connectivity index (χ1v) is 34.1. The lowest BCUT2D eigenvalue weighted by Crippen LogP contribution is -2.69. The number of amides is 1. The number of hydrogen-bond acceptors (Lipinski definition) is 20. The van der Waals surface area contributed by atoms with Crippen LogP contribution >= 0.6 is 0 Å². The molecule has 3 rings (SSSR count). The standard InChI is InChI=1S/C65H121NO21/c1-3-5-7-9-11-13-15-17-18-19-20-21-22-23-24-25-26-28-30-32-34-36-38-40-52(73)66-46(47(70)39-37-35-33-31-29-27-16-14-12-10-8-6-4-2)45-82-62-57(78)56(77)59(51(44-69)84-62)85-63-58(79)61(55(76)50(43-68)83-63)87-65(64(80)81)41-48(71)53(74)60(86-65)54(75)49(72)42-67/h37,39,46-51,53-63,67-72,74-79H,3-36,38,40-45H2,1-2H3,(H,66,73)(H,80,81)/b39-37+/t46-,47+,48?,49+,50?,51?,53+,54+,55-,56+,57?,58?,59+,60?,61-,62+,63-,65-/m0/s1. The Morgan fingerprint density at radius 2 is 1.00 bits per heavy atom. The van der Waals surface area contributed by atoms with Gasteiger partial charge in [-0.2, -0.15) is 0 Å². The van der Waals surface area contributed by atoms with Gasteiger partial charge in [-0.1, -0.05) is 231 Å². The third kappa shape index (κ3) is 29.6. The fourth-order valence-electron chi connectivity index (χ4n) is 11.9. The Balaban J connectivity index is 1.54. The Morgan fingerprint density at radius 1 is 0.552 bits per heavy atom. The van der Waals surface area contributed by atoms with Gasteiger partial charge in [-0.3, -0.25) is 4.79 Å². The van der Waals surface area contributed by atoms with Crippen LogP contribution in [0.15, 0.2) is 12.2 Å². The molecule has 0 saturated carbocycles. The number of aliphatic carboxylic acids is 1. The van der Waals surface area contributed by atoms with Crippen LogP contribution in [0.2, 0.25) is 0 Å². The summed E-state index contributed by atoms with van der Waals surface area (Å²) >= 11 is 0. The van der Waals surface area contributed by atoms with E-state index in [4.69, 9.17) is 28.4 Å². The van der Waals surface area contributed by atoms with E-state index in [0.29, 0.717) is 12.8 Å². The Labute approximate surface area is 519 Å². The first-order valence-electron chi connectivity index (χ1n) is 34.1. The van der Waals surface area contributed by atoms with Gasteiger partial charge in [0.1, 0.15) is 73.2 Å².